The highest BCUT2D eigenvalue weighted by Gasteiger charge is 2.49. The van der Waals surface area contributed by atoms with E-state index in [0.717, 1.165) is 4.90 Å². The second-order valence-electron chi connectivity index (χ2n) is 7.56. The van der Waals surface area contributed by atoms with Crippen LogP contribution in [0.15, 0.2) is 48.5 Å². The van der Waals surface area contributed by atoms with Gasteiger partial charge in [-0.15, -0.1) is 0 Å². The summed E-state index contributed by atoms with van der Waals surface area (Å²) in [5.41, 5.74) is -0.198. The number of halogens is 1. The maximum absolute atomic E-state index is 13.2. The van der Waals surface area contributed by atoms with E-state index in [4.69, 9.17) is 0 Å². The largest absolute Gasteiger partial charge is 0.339 e. The third kappa shape index (κ3) is 4.46. The van der Waals surface area contributed by atoms with Gasteiger partial charge in [0.1, 0.15) is 17.9 Å². The van der Waals surface area contributed by atoms with Crippen molar-refractivity contribution < 1.29 is 23.6 Å². The predicted molar refractivity (Wildman–Crippen MR) is 116 cm³/mol. The first-order valence-corrected chi connectivity index (χ1v) is 10.3. The number of carbonyl (C=O) groups is 4. The number of nitrogens with zero attached hydrogens (tertiary/aromatic N) is 2. The summed E-state index contributed by atoms with van der Waals surface area (Å²) >= 11 is 0. The highest BCUT2D eigenvalue weighted by atomic mass is 19.1. The van der Waals surface area contributed by atoms with Crippen LogP contribution in [0.25, 0.3) is 0 Å². The quantitative estimate of drug-likeness (QED) is 0.647. The van der Waals surface area contributed by atoms with Crippen LogP contribution >= 0.6 is 0 Å². The van der Waals surface area contributed by atoms with Crippen LogP contribution in [0.1, 0.15) is 36.7 Å². The van der Waals surface area contributed by atoms with Crippen LogP contribution in [-0.4, -0.2) is 53.2 Å². The zero-order valence-electron chi connectivity index (χ0n) is 18.1. The van der Waals surface area contributed by atoms with Gasteiger partial charge in [-0.2, -0.15) is 0 Å². The molecule has 168 valence electrons. The Morgan fingerprint density at radius 2 is 1.75 bits per heavy atom. The smallest absolute Gasteiger partial charge is 0.325 e. The number of anilines is 1. The van der Waals surface area contributed by atoms with Crippen LogP contribution in [0.5, 0.6) is 0 Å². The Hall–Kier alpha value is -3.75. The molecule has 3 rings (SSSR count). The van der Waals surface area contributed by atoms with Gasteiger partial charge in [0.15, 0.2) is 0 Å². The zero-order valence-corrected chi connectivity index (χ0v) is 18.1. The van der Waals surface area contributed by atoms with Crippen LogP contribution in [0.4, 0.5) is 14.9 Å². The summed E-state index contributed by atoms with van der Waals surface area (Å²) < 4.78 is 13.2. The molecule has 1 unspecified atom stereocenters. The third-order valence-corrected chi connectivity index (χ3v) is 5.44. The molecular weight excluding hydrogens is 415 g/mol. The lowest BCUT2D eigenvalue weighted by Crippen LogP contribution is -2.42. The number of benzene rings is 2. The second-order valence-corrected chi connectivity index (χ2v) is 7.56. The molecule has 8 nitrogen and oxygen atoms in total. The number of amides is 5. The van der Waals surface area contributed by atoms with Crippen molar-refractivity contribution >= 4 is 29.4 Å². The van der Waals surface area contributed by atoms with Crippen molar-refractivity contribution in [3.8, 4) is 0 Å². The Kier molecular flexibility index (Phi) is 6.57. The fraction of sp³-hybridized carbons (Fsp3) is 0.304. The molecule has 0 aliphatic carbocycles. The standard InChI is InChI=1S/C23H25FN4O4/c1-4-27(5-2)20(30)15-7-6-8-18(13-15)25-19(29)14-28-21(31)23(3,26-22(28)32)16-9-11-17(24)12-10-16/h6-13H,4-5,14H2,1-3H3,(H,25,29)(H,26,32). The molecule has 0 saturated carbocycles. The minimum absolute atomic E-state index is 0.157. The van der Waals surface area contributed by atoms with Crippen molar-refractivity contribution in [2.24, 2.45) is 0 Å². The fourth-order valence-corrected chi connectivity index (χ4v) is 3.59. The van der Waals surface area contributed by atoms with E-state index in [1.54, 1.807) is 29.2 Å². The molecule has 1 fully saturated rings. The highest BCUT2D eigenvalue weighted by Crippen LogP contribution is 2.29. The molecule has 0 bridgehead atoms. The lowest BCUT2D eigenvalue weighted by molar-refractivity contribution is -0.133. The zero-order chi connectivity index (χ0) is 23.5. The molecule has 32 heavy (non-hydrogen) atoms. The molecule has 2 N–H and O–H groups in total. The number of nitrogens with one attached hydrogen (secondary N) is 2. The molecular formula is C23H25FN4O4. The van der Waals surface area contributed by atoms with Crippen molar-refractivity contribution in [2.75, 3.05) is 25.0 Å². The Morgan fingerprint density at radius 3 is 2.38 bits per heavy atom. The summed E-state index contributed by atoms with van der Waals surface area (Å²) in [6.07, 6.45) is 0. The van der Waals surface area contributed by atoms with Crippen molar-refractivity contribution in [1.29, 1.82) is 0 Å². The van der Waals surface area contributed by atoms with Crippen molar-refractivity contribution in [1.82, 2.24) is 15.1 Å². The minimum Gasteiger partial charge on any atom is -0.339 e. The van der Waals surface area contributed by atoms with E-state index in [2.05, 4.69) is 10.6 Å². The molecule has 2 aromatic rings. The Morgan fingerprint density at radius 1 is 1.09 bits per heavy atom. The lowest BCUT2D eigenvalue weighted by Gasteiger charge is -2.22. The van der Waals surface area contributed by atoms with Crippen LogP contribution in [0, 0.1) is 5.82 Å². The van der Waals surface area contributed by atoms with Crippen LogP contribution in [-0.2, 0) is 15.1 Å². The molecule has 2 aromatic carbocycles. The van der Waals surface area contributed by atoms with Gasteiger partial charge in [0.25, 0.3) is 11.8 Å². The number of hydrogen-bond acceptors (Lipinski definition) is 4. The van der Waals surface area contributed by atoms with Gasteiger partial charge in [-0.05, 0) is 56.7 Å². The van der Waals surface area contributed by atoms with Crippen molar-refractivity contribution in [2.45, 2.75) is 26.3 Å². The Balaban J connectivity index is 1.71. The van der Waals surface area contributed by atoms with Gasteiger partial charge in [0.05, 0.1) is 0 Å². The lowest BCUT2D eigenvalue weighted by atomic mass is 9.92. The summed E-state index contributed by atoms with van der Waals surface area (Å²) in [7, 11) is 0. The summed E-state index contributed by atoms with van der Waals surface area (Å²) in [6, 6.07) is 11.0. The maximum Gasteiger partial charge on any atom is 0.325 e. The van der Waals surface area contributed by atoms with Crippen LogP contribution in [0.3, 0.4) is 0 Å². The molecule has 0 spiro atoms. The SMILES string of the molecule is CCN(CC)C(=O)c1cccc(NC(=O)CN2C(=O)NC(C)(c3ccc(F)cc3)C2=O)c1. The van der Waals surface area contributed by atoms with E-state index >= 15 is 0 Å². The van der Waals surface area contributed by atoms with Gasteiger partial charge in [-0.1, -0.05) is 18.2 Å². The van der Waals surface area contributed by atoms with E-state index in [0.29, 0.717) is 29.9 Å². The normalized spacial score (nSPS) is 17.8. The van der Waals surface area contributed by atoms with Gasteiger partial charge in [0, 0.05) is 24.3 Å². The van der Waals surface area contributed by atoms with Crippen molar-refractivity contribution in [3.63, 3.8) is 0 Å². The monoisotopic (exact) mass is 440 g/mol. The third-order valence-electron chi connectivity index (χ3n) is 5.44. The molecule has 1 heterocycles. The summed E-state index contributed by atoms with van der Waals surface area (Å²) in [6.45, 7) is 5.88. The average Bonchev–Trinajstić information content (AvgIpc) is 2.99. The van der Waals surface area contributed by atoms with Crippen LogP contribution in [0.2, 0.25) is 0 Å². The van der Waals surface area contributed by atoms with Gasteiger partial charge in [-0.3, -0.25) is 19.3 Å². The fourth-order valence-electron chi connectivity index (χ4n) is 3.59. The Labute approximate surface area is 185 Å². The minimum atomic E-state index is -1.40. The number of hydrogen-bond donors (Lipinski definition) is 2. The van der Waals surface area contributed by atoms with Gasteiger partial charge < -0.3 is 15.5 Å². The maximum atomic E-state index is 13.2. The number of urea groups is 1. The summed E-state index contributed by atoms with van der Waals surface area (Å²) in [4.78, 5) is 52.9. The molecule has 9 heteroatoms. The molecule has 1 aliphatic rings. The van der Waals surface area contributed by atoms with E-state index < -0.39 is 35.7 Å². The van der Waals surface area contributed by atoms with E-state index in [9.17, 15) is 23.6 Å². The predicted octanol–water partition coefficient (Wildman–Crippen LogP) is 2.71. The summed E-state index contributed by atoms with van der Waals surface area (Å²) in [5, 5.41) is 5.19. The van der Waals surface area contributed by atoms with Crippen molar-refractivity contribution in [3.05, 3.63) is 65.5 Å². The molecule has 1 saturated heterocycles. The first kappa shape index (κ1) is 22.9. The second kappa shape index (κ2) is 9.17. The van der Waals surface area contributed by atoms with E-state index in [-0.39, 0.29) is 5.91 Å². The first-order chi connectivity index (χ1) is 15.2. The number of carbonyl (C=O) groups excluding carboxylic acids is 4. The number of imide groups is 1. The average molecular weight is 440 g/mol. The molecule has 1 aliphatic heterocycles. The molecule has 5 amide bonds. The van der Waals surface area contributed by atoms with Gasteiger partial charge in [-0.25, -0.2) is 9.18 Å². The van der Waals surface area contributed by atoms with Gasteiger partial charge in [0.2, 0.25) is 5.91 Å². The number of rotatable bonds is 7. The molecule has 0 radical (unpaired) electrons. The first-order valence-electron chi connectivity index (χ1n) is 10.3. The van der Waals surface area contributed by atoms with Gasteiger partial charge >= 0.3 is 6.03 Å². The topological polar surface area (TPSA) is 98.8 Å². The van der Waals surface area contributed by atoms with E-state index in [1.807, 2.05) is 13.8 Å². The molecule has 0 aromatic heterocycles. The van der Waals surface area contributed by atoms with E-state index in [1.165, 1.54) is 31.2 Å². The summed E-state index contributed by atoms with van der Waals surface area (Å²) in [5.74, 6) is -1.83. The van der Waals surface area contributed by atoms with Crippen LogP contribution < -0.4 is 10.6 Å². The molecule has 1 atom stereocenters. The highest BCUT2D eigenvalue weighted by molar-refractivity contribution is 6.10. The Bertz CT molecular complexity index is 1050.